The number of nitrogens with one attached hydrogen (secondary N) is 1. The summed E-state index contributed by atoms with van der Waals surface area (Å²) in [5.74, 6) is -0.577. The lowest BCUT2D eigenvalue weighted by Gasteiger charge is -2.24. The van der Waals surface area contributed by atoms with Crippen LogP contribution in [0.15, 0.2) is 36.5 Å². The van der Waals surface area contributed by atoms with Crippen LogP contribution in [0, 0.1) is 0 Å². The van der Waals surface area contributed by atoms with E-state index in [1.54, 1.807) is 0 Å². The number of amides is 1. The van der Waals surface area contributed by atoms with E-state index < -0.39 is 18.2 Å². The van der Waals surface area contributed by atoms with Gasteiger partial charge >= 0.3 is 5.97 Å². The highest BCUT2D eigenvalue weighted by Gasteiger charge is 2.24. The van der Waals surface area contributed by atoms with Gasteiger partial charge in [0.1, 0.15) is 6.10 Å². The standard InChI is InChI=1S/C53H99NO5/c1-4-7-10-13-16-19-22-25-26-28-30-33-36-39-42-45-51(56)50(48-55)54-52(57)47-49(44-41-38-35-32-29-24-21-18-15-12-9-6-3)59-53(58)46-43-40-37-34-31-27-23-20-17-14-11-8-5-2/h27,31-32,35,37,40,49-51,55-56H,4-26,28-30,33-34,36,38-39,41-48H2,1-3H3,(H,54,57)/b31-27-,35-32-,40-37+. The number of ether oxygens (including phenoxy) is 1. The lowest BCUT2D eigenvalue weighted by Crippen LogP contribution is -2.46. The minimum atomic E-state index is -0.800. The molecule has 0 aromatic carbocycles. The fourth-order valence-corrected chi connectivity index (χ4v) is 7.78. The van der Waals surface area contributed by atoms with Gasteiger partial charge in [0.15, 0.2) is 0 Å². The van der Waals surface area contributed by atoms with Gasteiger partial charge in [-0.1, -0.05) is 224 Å². The van der Waals surface area contributed by atoms with Gasteiger partial charge in [-0.2, -0.15) is 0 Å². The van der Waals surface area contributed by atoms with Crippen LogP contribution >= 0.6 is 0 Å². The number of unbranched alkanes of at least 4 members (excludes halogenated alkanes) is 28. The molecule has 0 aliphatic rings. The maximum Gasteiger partial charge on any atom is 0.306 e. The molecule has 0 heterocycles. The first-order chi connectivity index (χ1) is 29.0. The molecule has 0 aromatic rings. The van der Waals surface area contributed by atoms with E-state index in [0.29, 0.717) is 19.3 Å². The smallest absolute Gasteiger partial charge is 0.306 e. The zero-order valence-corrected chi connectivity index (χ0v) is 39.4. The predicted molar refractivity (Wildman–Crippen MR) is 255 cm³/mol. The first kappa shape index (κ1) is 57.1. The van der Waals surface area contributed by atoms with Crippen molar-refractivity contribution in [3.8, 4) is 0 Å². The summed E-state index contributed by atoms with van der Waals surface area (Å²) in [5, 5.41) is 23.7. The molecule has 6 heteroatoms. The van der Waals surface area contributed by atoms with Crippen LogP contribution < -0.4 is 5.32 Å². The molecule has 3 N–H and O–H groups in total. The molecule has 6 nitrogen and oxygen atoms in total. The Labute approximate surface area is 366 Å². The third-order valence-electron chi connectivity index (χ3n) is 11.7. The van der Waals surface area contributed by atoms with Crippen molar-refractivity contribution in [2.24, 2.45) is 0 Å². The van der Waals surface area contributed by atoms with Crippen LogP contribution in [0.1, 0.15) is 265 Å². The molecular formula is C53H99NO5. The maximum absolute atomic E-state index is 13.2. The summed E-state index contributed by atoms with van der Waals surface area (Å²) in [6.07, 6.45) is 55.0. The van der Waals surface area contributed by atoms with Crippen molar-refractivity contribution >= 4 is 11.9 Å². The average Bonchev–Trinajstić information content (AvgIpc) is 3.23. The number of allylic oxidation sites excluding steroid dienone is 6. The Kier molecular flexibility index (Phi) is 45.6. The molecule has 0 aromatic heterocycles. The zero-order valence-electron chi connectivity index (χ0n) is 39.4. The second kappa shape index (κ2) is 47.1. The molecule has 0 bridgehead atoms. The minimum Gasteiger partial charge on any atom is -0.462 e. The molecule has 0 spiro atoms. The van der Waals surface area contributed by atoms with Gasteiger partial charge in [-0.25, -0.2) is 0 Å². The normalized spacial score (nSPS) is 13.5. The van der Waals surface area contributed by atoms with E-state index in [1.807, 2.05) is 6.08 Å². The summed E-state index contributed by atoms with van der Waals surface area (Å²) in [5.41, 5.74) is 0. The zero-order chi connectivity index (χ0) is 43.1. The molecule has 0 saturated carbocycles. The molecule has 0 radical (unpaired) electrons. The van der Waals surface area contributed by atoms with Crippen molar-refractivity contribution in [3.05, 3.63) is 36.5 Å². The first-order valence-corrected chi connectivity index (χ1v) is 25.7. The van der Waals surface area contributed by atoms with Crippen molar-refractivity contribution in [2.45, 2.75) is 283 Å². The molecule has 0 rings (SSSR count). The molecule has 1 amide bonds. The van der Waals surface area contributed by atoms with E-state index in [4.69, 9.17) is 4.74 Å². The van der Waals surface area contributed by atoms with Crippen LogP contribution in [0.5, 0.6) is 0 Å². The van der Waals surface area contributed by atoms with Crippen molar-refractivity contribution in [1.29, 1.82) is 0 Å². The van der Waals surface area contributed by atoms with E-state index >= 15 is 0 Å². The van der Waals surface area contributed by atoms with E-state index in [1.165, 1.54) is 161 Å². The van der Waals surface area contributed by atoms with Crippen LogP contribution in [-0.4, -0.2) is 46.9 Å². The Morgan fingerprint density at radius 2 is 0.881 bits per heavy atom. The van der Waals surface area contributed by atoms with Crippen LogP contribution in [0.2, 0.25) is 0 Å². The minimum absolute atomic E-state index is 0.0366. The largest absolute Gasteiger partial charge is 0.462 e. The van der Waals surface area contributed by atoms with Crippen LogP contribution in [0.25, 0.3) is 0 Å². The monoisotopic (exact) mass is 830 g/mol. The van der Waals surface area contributed by atoms with Gasteiger partial charge < -0.3 is 20.3 Å². The van der Waals surface area contributed by atoms with Gasteiger partial charge in [0.05, 0.1) is 25.2 Å². The average molecular weight is 830 g/mol. The molecular weight excluding hydrogens is 731 g/mol. The quantitative estimate of drug-likeness (QED) is 0.0323. The molecule has 0 aliphatic heterocycles. The van der Waals surface area contributed by atoms with E-state index in [-0.39, 0.29) is 31.3 Å². The summed E-state index contributed by atoms with van der Waals surface area (Å²) in [6, 6.07) is -0.718. The third-order valence-corrected chi connectivity index (χ3v) is 11.7. The molecule has 3 atom stereocenters. The van der Waals surface area contributed by atoms with Gasteiger partial charge in [0, 0.05) is 6.42 Å². The number of carbonyl (C=O) groups excluding carboxylic acids is 2. The van der Waals surface area contributed by atoms with E-state index in [9.17, 15) is 19.8 Å². The number of hydrogen-bond donors (Lipinski definition) is 3. The van der Waals surface area contributed by atoms with Crippen LogP contribution in [0.4, 0.5) is 0 Å². The number of carbonyl (C=O) groups is 2. The van der Waals surface area contributed by atoms with Crippen LogP contribution in [0.3, 0.4) is 0 Å². The molecule has 0 aliphatic carbocycles. The number of esters is 1. The van der Waals surface area contributed by atoms with Crippen LogP contribution in [-0.2, 0) is 14.3 Å². The van der Waals surface area contributed by atoms with E-state index in [2.05, 4.69) is 56.5 Å². The summed E-state index contributed by atoms with van der Waals surface area (Å²) < 4.78 is 5.87. The SMILES string of the molecule is CCCCCCCC/C=C\C/C=C/CCC(=O)OC(CCC/C=C\CCCCCCCCC)CC(=O)NC(CO)C(O)CCCCCCCCCCCCCCCCC. The number of aliphatic hydroxyl groups is 2. The summed E-state index contributed by atoms with van der Waals surface area (Å²) >= 11 is 0. The third kappa shape index (κ3) is 42.6. The summed E-state index contributed by atoms with van der Waals surface area (Å²) in [6.45, 7) is 6.46. The lowest BCUT2D eigenvalue weighted by molar-refractivity contribution is -0.150. The Bertz CT molecular complexity index is 977. The Hall–Kier alpha value is -1.92. The van der Waals surface area contributed by atoms with E-state index in [0.717, 1.165) is 51.4 Å². The summed E-state index contributed by atoms with van der Waals surface area (Å²) in [4.78, 5) is 26.0. The van der Waals surface area contributed by atoms with Crippen molar-refractivity contribution in [2.75, 3.05) is 6.61 Å². The van der Waals surface area contributed by atoms with Gasteiger partial charge in [0.2, 0.25) is 5.91 Å². The Morgan fingerprint density at radius 1 is 0.492 bits per heavy atom. The highest BCUT2D eigenvalue weighted by molar-refractivity contribution is 5.77. The maximum atomic E-state index is 13.2. The first-order valence-electron chi connectivity index (χ1n) is 25.7. The lowest BCUT2D eigenvalue weighted by atomic mass is 10.0. The molecule has 0 fully saturated rings. The molecule has 346 valence electrons. The Balaban J connectivity index is 4.61. The Morgan fingerprint density at radius 3 is 1.34 bits per heavy atom. The fraction of sp³-hybridized carbons (Fsp3) is 0.849. The fourth-order valence-electron chi connectivity index (χ4n) is 7.78. The molecule has 59 heavy (non-hydrogen) atoms. The topological polar surface area (TPSA) is 95.9 Å². The number of aliphatic hydroxyl groups excluding tert-OH is 2. The predicted octanol–water partition coefficient (Wildman–Crippen LogP) is 15.3. The number of rotatable bonds is 46. The van der Waals surface area contributed by atoms with Gasteiger partial charge in [-0.15, -0.1) is 0 Å². The number of hydrogen-bond acceptors (Lipinski definition) is 5. The second-order valence-electron chi connectivity index (χ2n) is 17.6. The molecule has 0 saturated heterocycles. The second-order valence-corrected chi connectivity index (χ2v) is 17.6. The van der Waals surface area contributed by atoms with Gasteiger partial charge in [0.25, 0.3) is 0 Å². The van der Waals surface area contributed by atoms with Crippen molar-refractivity contribution in [3.63, 3.8) is 0 Å². The van der Waals surface area contributed by atoms with Crippen molar-refractivity contribution < 1.29 is 24.5 Å². The van der Waals surface area contributed by atoms with Crippen molar-refractivity contribution in [1.82, 2.24) is 5.32 Å². The van der Waals surface area contributed by atoms with Gasteiger partial charge in [-0.3, -0.25) is 9.59 Å². The van der Waals surface area contributed by atoms with Gasteiger partial charge in [-0.05, 0) is 64.2 Å². The molecule has 3 unspecified atom stereocenters. The summed E-state index contributed by atoms with van der Waals surface area (Å²) in [7, 11) is 0. The highest BCUT2D eigenvalue weighted by atomic mass is 16.5. The highest BCUT2D eigenvalue weighted by Crippen LogP contribution is 2.17.